The second kappa shape index (κ2) is 62.5. The maximum Gasteiger partial charge on any atom is 0.0450 e. The van der Waals surface area contributed by atoms with Crippen LogP contribution in [0.5, 0.6) is 0 Å². The van der Waals surface area contributed by atoms with Crippen molar-refractivity contribution in [3.63, 3.8) is 0 Å². The molecule has 0 aliphatic heterocycles. The highest BCUT2D eigenvalue weighted by molar-refractivity contribution is 7.98. The summed E-state index contributed by atoms with van der Waals surface area (Å²) in [7, 11) is -12.2. The second-order valence-corrected chi connectivity index (χ2v) is 88.4. The Balaban J connectivity index is 11.7. The van der Waals surface area contributed by atoms with Crippen LogP contribution in [0.3, 0.4) is 0 Å². The summed E-state index contributed by atoms with van der Waals surface area (Å²) in [6, 6.07) is 26.4. The fraction of sp³-hybridized carbons (Fsp3) is 1.00. The van der Waals surface area contributed by atoms with E-state index in [2.05, 4.69) is 96.9 Å². The summed E-state index contributed by atoms with van der Waals surface area (Å²) in [6.45, 7) is 36.2. The first-order valence-corrected chi connectivity index (χ1v) is 64.0. The molecular weight excluding hydrogens is 1180 g/mol. The predicted octanol–water partition coefficient (Wildman–Crippen LogP) is 33.2. The van der Waals surface area contributed by atoms with E-state index in [1.165, 1.54) is 180 Å². The van der Waals surface area contributed by atoms with Gasteiger partial charge in [0, 0.05) is 43.6 Å². The van der Waals surface area contributed by atoms with Gasteiger partial charge in [-0.2, -0.15) is 0 Å². The molecule has 0 saturated heterocycles. The molecule has 0 heterocycles. The van der Waals surface area contributed by atoms with E-state index in [1.54, 1.807) is 180 Å². The first kappa shape index (κ1) is 91.3. The second-order valence-electron chi connectivity index (χ2n) is 32.2. The molecule has 0 unspecified atom stereocenters. The monoisotopic (exact) mass is 1360 g/mol. The van der Waals surface area contributed by atoms with Crippen molar-refractivity contribution < 1.29 is 0 Å². The van der Waals surface area contributed by atoms with Crippen LogP contribution in [0.15, 0.2) is 0 Å². The van der Waals surface area contributed by atoms with Crippen LogP contribution in [-0.4, -0.2) is 43.6 Å². The van der Waals surface area contributed by atoms with E-state index in [-0.39, 0.29) is 0 Å². The quantitative estimate of drug-likeness (QED) is 0.0421. The number of unbranched alkanes of at least 4 members (excludes halogenated alkanes) is 42. The Bertz CT molecular complexity index is 1230. The van der Waals surface area contributed by atoms with Gasteiger partial charge in [-0.05, 0) is 0 Å². The molecule has 0 rings (SSSR count). The van der Waals surface area contributed by atoms with E-state index in [0.717, 1.165) is 0 Å². The fourth-order valence-electron chi connectivity index (χ4n) is 20.7. The van der Waals surface area contributed by atoms with Crippen LogP contribution in [0.2, 0.25) is 84.6 Å². The molecule has 0 bridgehead atoms. The van der Waals surface area contributed by atoms with Crippen molar-refractivity contribution in [1.82, 2.24) is 0 Å². The van der Waals surface area contributed by atoms with Gasteiger partial charge in [0.25, 0.3) is 0 Å². The third kappa shape index (κ3) is 33.4. The molecule has 90 heavy (non-hydrogen) atoms. The summed E-state index contributed by atoms with van der Waals surface area (Å²) >= 11 is 0. The van der Waals surface area contributed by atoms with Crippen LogP contribution in [0.25, 0.3) is 0 Å². The summed E-state index contributed by atoms with van der Waals surface area (Å²) < 4.78 is 0. The largest absolute Gasteiger partial charge is 0.0654 e. The Morgan fingerprint density at radius 1 is 0.100 bits per heavy atom. The van der Waals surface area contributed by atoms with Gasteiger partial charge in [0.1, 0.15) is 0 Å². The molecule has 0 nitrogen and oxygen atoms in total. The van der Waals surface area contributed by atoms with Gasteiger partial charge < -0.3 is 0 Å². The number of rotatable bonds is 75. The number of hydrogen-bond acceptors (Lipinski definition) is 0. The minimum Gasteiger partial charge on any atom is -0.0654 e. The first-order valence-electron chi connectivity index (χ1n) is 44.1. The Hall–Kier alpha value is 1.30. The molecule has 6 heteroatoms. The van der Waals surface area contributed by atoms with E-state index in [0.29, 0.717) is 0 Å². The van der Waals surface area contributed by atoms with Crippen LogP contribution < -0.4 is 0 Å². The Morgan fingerprint density at radius 2 is 0.200 bits per heavy atom. The molecule has 0 amide bonds. The summed E-state index contributed by atoms with van der Waals surface area (Å²) in [5.41, 5.74) is 0. The molecule has 0 aliphatic rings. The molecule has 0 N–H and O–H groups in total. The molecule has 0 radical (unpaired) electrons. The Kier molecular flexibility index (Phi) is 63.5. The van der Waals surface area contributed by atoms with E-state index in [9.17, 15) is 0 Å². The first-order chi connectivity index (χ1) is 44.1. The highest BCUT2D eigenvalue weighted by atomic mass is 30.0. The third-order valence-electron chi connectivity index (χ3n) is 25.5. The van der Waals surface area contributed by atoms with Crippen molar-refractivity contribution in [2.75, 3.05) is 0 Å². The highest BCUT2D eigenvalue weighted by Crippen LogP contribution is 2.62. The van der Waals surface area contributed by atoms with Crippen molar-refractivity contribution in [3.05, 3.63) is 0 Å². The zero-order chi connectivity index (χ0) is 66.5. The van der Waals surface area contributed by atoms with E-state index >= 15 is 0 Å². The molecule has 542 valence electrons. The molecule has 0 aromatic carbocycles. The van der Waals surface area contributed by atoms with Crippen LogP contribution >= 0.6 is 0 Å². The maximum absolute atomic E-state index is 2.61. The van der Waals surface area contributed by atoms with Gasteiger partial charge in [0.05, 0.1) is 0 Å². The van der Waals surface area contributed by atoms with Gasteiger partial charge in [0.2, 0.25) is 0 Å². The number of hydrogen-bond donors (Lipinski definition) is 0. The summed E-state index contributed by atoms with van der Waals surface area (Å²) in [5, 5.41) is 0. The lowest BCUT2D eigenvalue weighted by Gasteiger charge is -2.73. The molecule has 0 aromatic rings. The fourth-order valence-corrected chi connectivity index (χ4v) is 208. The predicted molar refractivity (Wildman–Crippen MR) is 440 cm³/mol. The minimum atomic E-state index is -2.15. The Morgan fingerprint density at radius 3 is 0.311 bits per heavy atom. The SMILES string of the molecule is CCCCCC[Si](CCCCCC)(CCCCCC)[Si](CCCCCC)(CCCCCC)[Si](CCCCCC)(CCCCCC)[Si](CCCCCC)(CCCCCC)[Si](CCCCCC)(CCCCCC)[Si](CCCCCC)(CCCCCC)CCCCCC. The maximum atomic E-state index is 2.61. The molecule has 0 atom stereocenters. The molecule has 0 spiro atoms. The average Bonchev–Trinajstić information content (AvgIpc) is 0.676. The van der Waals surface area contributed by atoms with Gasteiger partial charge in [-0.15, -0.1) is 0 Å². The molecule has 0 saturated carbocycles. The highest BCUT2D eigenvalue weighted by Gasteiger charge is 2.76. The van der Waals surface area contributed by atoms with Gasteiger partial charge in [-0.3, -0.25) is 0 Å². The molecule has 0 fully saturated rings. The summed E-state index contributed by atoms with van der Waals surface area (Å²) in [6.07, 6.45) is 86.8. The normalized spacial score (nSPS) is 13.0. The van der Waals surface area contributed by atoms with Gasteiger partial charge in [0.15, 0.2) is 0 Å². The van der Waals surface area contributed by atoms with Crippen LogP contribution in [0, 0.1) is 0 Å². The van der Waals surface area contributed by atoms with Crippen molar-refractivity contribution in [1.29, 1.82) is 0 Å². The van der Waals surface area contributed by atoms with Crippen molar-refractivity contribution in [3.8, 4) is 0 Å². The van der Waals surface area contributed by atoms with Crippen LogP contribution in [0.4, 0.5) is 0 Å². The lowest BCUT2D eigenvalue weighted by Crippen LogP contribution is -2.94. The Labute approximate surface area is 580 Å². The third-order valence-corrected chi connectivity index (χ3v) is 140. The molecular formula is C84H182Si6. The summed E-state index contributed by atoms with van der Waals surface area (Å²) in [4.78, 5) is 0. The van der Waals surface area contributed by atoms with Crippen molar-refractivity contribution in [2.45, 2.75) is 541 Å². The minimum absolute atomic E-state index is 1.42. The van der Waals surface area contributed by atoms with Crippen LogP contribution in [-0.2, 0) is 0 Å². The van der Waals surface area contributed by atoms with Crippen molar-refractivity contribution in [2.24, 2.45) is 0 Å². The standard InChI is InChI=1S/C84H182Si6/c1-15-29-43-57-71-85(72-58-44-30-16-2,73-59-45-31-17-3)87(77-63-49-35-21-7,78-64-50-36-22-8)89(81-67-53-39-25-11,82-68-54-40-26-12)90(83-69-55-41-27-13,84-70-56-42-28-14)88(79-65-51-37-23-9,80-66-52-38-24-10)86(74-60-46-32-18-4,75-61-47-33-19-5)76-62-48-34-20-6/h15-84H2,1-14H3. The molecule has 0 aliphatic carbocycles. The van der Waals surface area contributed by atoms with Crippen LogP contribution in [0.1, 0.15) is 456 Å². The van der Waals surface area contributed by atoms with Gasteiger partial charge in [-0.1, -0.05) is 541 Å². The smallest absolute Gasteiger partial charge is 0.0450 e. The van der Waals surface area contributed by atoms with Gasteiger partial charge in [-0.25, -0.2) is 0 Å². The van der Waals surface area contributed by atoms with Crippen molar-refractivity contribution >= 4 is 43.6 Å². The topological polar surface area (TPSA) is 0 Å². The van der Waals surface area contributed by atoms with E-state index in [1.807, 2.05) is 84.6 Å². The van der Waals surface area contributed by atoms with Gasteiger partial charge >= 0.3 is 0 Å². The average molecular weight is 1360 g/mol. The lowest BCUT2D eigenvalue weighted by molar-refractivity contribution is 0.661. The summed E-state index contributed by atoms with van der Waals surface area (Å²) in [5.74, 6) is 0. The lowest BCUT2D eigenvalue weighted by atomic mass is 10.2. The zero-order valence-corrected chi connectivity index (χ0v) is 72.5. The van der Waals surface area contributed by atoms with E-state index < -0.39 is 43.6 Å². The van der Waals surface area contributed by atoms with E-state index in [4.69, 9.17) is 0 Å². The zero-order valence-electron chi connectivity index (χ0n) is 66.5. The molecule has 0 aromatic heterocycles.